The van der Waals surface area contributed by atoms with Crippen molar-refractivity contribution in [3.05, 3.63) is 0 Å². The van der Waals surface area contributed by atoms with Crippen LogP contribution in [0.5, 0.6) is 0 Å². The van der Waals surface area contributed by atoms with Crippen molar-refractivity contribution in [2.24, 2.45) is 0 Å². The van der Waals surface area contributed by atoms with Gasteiger partial charge in [-0.3, -0.25) is 4.90 Å². The molecule has 1 aliphatic heterocycles. The zero-order chi connectivity index (χ0) is 11.4. The lowest BCUT2D eigenvalue weighted by Crippen LogP contribution is -2.54. The molecule has 0 bridgehead atoms. The second-order valence-corrected chi connectivity index (χ2v) is 5.79. The van der Waals surface area contributed by atoms with Crippen LogP contribution in [0.2, 0.25) is 0 Å². The summed E-state index contributed by atoms with van der Waals surface area (Å²) in [7, 11) is 0. The van der Waals surface area contributed by atoms with Crippen LogP contribution in [0.1, 0.15) is 39.5 Å². The quantitative estimate of drug-likeness (QED) is 0.788. The van der Waals surface area contributed by atoms with E-state index in [1.807, 2.05) is 0 Å². The van der Waals surface area contributed by atoms with Crippen molar-refractivity contribution in [3.63, 3.8) is 0 Å². The van der Waals surface area contributed by atoms with Crippen LogP contribution in [0.3, 0.4) is 0 Å². The first-order chi connectivity index (χ1) is 7.68. The zero-order valence-electron chi connectivity index (χ0n) is 10.8. The fourth-order valence-corrected chi connectivity index (χ4v) is 2.84. The van der Waals surface area contributed by atoms with Gasteiger partial charge >= 0.3 is 0 Å². The first-order valence-electron chi connectivity index (χ1n) is 6.75. The molecule has 0 aromatic carbocycles. The summed E-state index contributed by atoms with van der Waals surface area (Å²) in [6, 6.07) is 0.796. The number of rotatable bonds is 4. The third-order valence-electron chi connectivity index (χ3n) is 3.99. The number of ether oxygens (including phenoxy) is 1. The Balaban J connectivity index is 1.67. The molecular weight excluding hydrogens is 200 g/mol. The van der Waals surface area contributed by atoms with Crippen LogP contribution in [-0.2, 0) is 4.74 Å². The molecule has 2 fully saturated rings. The molecule has 0 aromatic heterocycles. The van der Waals surface area contributed by atoms with E-state index in [-0.39, 0.29) is 5.54 Å². The van der Waals surface area contributed by atoms with Crippen molar-refractivity contribution in [2.45, 2.75) is 51.1 Å². The van der Waals surface area contributed by atoms with Gasteiger partial charge in [0.05, 0.1) is 13.2 Å². The normalized spacial score (nSPS) is 27.4. The van der Waals surface area contributed by atoms with Crippen molar-refractivity contribution in [1.82, 2.24) is 10.2 Å². The van der Waals surface area contributed by atoms with Crippen LogP contribution < -0.4 is 5.32 Å². The molecule has 0 atom stereocenters. The Hall–Kier alpha value is -0.120. The Morgan fingerprint density at radius 3 is 2.75 bits per heavy atom. The molecule has 0 spiro atoms. The van der Waals surface area contributed by atoms with Gasteiger partial charge in [-0.05, 0) is 26.7 Å². The van der Waals surface area contributed by atoms with Gasteiger partial charge in [0.1, 0.15) is 0 Å². The topological polar surface area (TPSA) is 24.5 Å². The zero-order valence-corrected chi connectivity index (χ0v) is 10.8. The lowest BCUT2D eigenvalue weighted by molar-refractivity contribution is -0.0502. The molecule has 0 unspecified atom stereocenters. The third-order valence-corrected chi connectivity index (χ3v) is 3.99. The van der Waals surface area contributed by atoms with E-state index in [1.54, 1.807) is 0 Å². The van der Waals surface area contributed by atoms with Crippen LogP contribution in [0, 0.1) is 0 Å². The first kappa shape index (κ1) is 12.3. The summed E-state index contributed by atoms with van der Waals surface area (Å²) in [6.07, 6.45) is 5.60. The van der Waals surface area contributed by atoms with Crippen LogP contribution in [0.4, 0.5) is 0 Å². The maximum Gasteiger partial charge on any atom is 0.0645 e. The van der Waals surface area contributed by atoms with Crippen molar-refractivity contribution in [2.75, 3.05) is 32.8 Å². The minimum atomic E-state index is 0.218. The molecule has 0 aromatic rings. The molecule has 1 heterocycles. The Bertz CT molecular complexity index is 212. The summed E-state index contributed by atoms with van der Waals surface area (Å²) in [6.45, 7) is 9.70. The van der Waals surface area contributed by atoms with E-state index in [2.05, 4.69) is 24.1 Å². The number of nitrogens with one attached hydrogen (secondary N) is 1. The summed E-state index contributed by atoms with van der Waals surface area (Å²) in [4.78, 5) is 2.55. The second-order valence-electron chi connectivity index (χ2n) is 5.79. The minimum absolute atomic E-state index is 0.218. The van der Waals surface area contributed by atoms with Crippen molar-refractivity contribution in [1.29, 1.82) is 0 Å². The predicted molar refractivity (Wildman–Crippen MR) is 66.7 cm³/mol. The average Bonchev–Trinajstić information content (AvgIpc) is 2.73. The highest BCUT2D eigenvalue weighted by Gasteiger charge is 2.29. The minimum Gasteiger partial charge on any atom is -0.378 e. The standard InChI is InChI=1S/C13H26N2O/c1-13(2)11-16-10-9-15(13)8-7-14-12-5-3-4-6-12/h12,14H,3-11H2,1-2H3. The van der Waals surface area contributed by atoms with Crippen LogP contribution >= 0.6 is 0 Å². The van der Waals surface area contributed by atoms with Gasteiger partial charge in [0.15, 0.2) is 0 Å². The largest absolute Gasteiger partial charge is 0.378 e. The molecule has 16 heavy (non-hydrogen) atoms. The van der Waals surface area contributed by atoms with E-state index in [0.717, 1.165) is 38.9 Å². The molecule has 1 aliphatic carbocycles. The molecule has 1 saturated carbocycles. The molecule has 3 heteroatoms. The van der Waals surface area contributed by atoms with E-state index in [0.29, 0.717) is 0 Å². The van der Waals surface area contributed by atoms with E-state index in [4.69, 9.17) is 4.74 Å². The van der Waals surface area contributed by atoms with E-state index >= 15 is 0 Å². The maximum absolute atomic E-state index is 5.53. The van der Waals surface area contributed by atoms with Gasteiger partial charge in [-0.15, -0.1) is 0 Å². The Labute approximate surface area is 99.5 Å². The lowest BCUT2D eigenvalue weighted by Gasteiger charge is -2.42. The average molecular weight is 226 g/mol. The summed E-state index contributed by atoms with van der Waals surface area (Å²) < 4.78 is 5.53. The number of hydrogen-bond donors (Lipinski definition) is 1. The van der Waals surface area contributed by atoms with Crippen LogP contribution in [0.15, 0.2) is 0 Å². The molecular formula is C13H26N2O. The highest BCUT2D eigenvalue weighted by molar-refractivity contribution is 4.85. The van der Waals surface area contributed by atoms with E-state index in [9.17, 15) is 0 Å². The van der Waals surface area contributed by atoms with Crippen LogP contribution in [-0.4, -0.2) is 49.3 Å². The predicted octanol–water partition coefficient (Wildman–Crippen LogP) is 1.63. The summed E-state index contributed by atoms with van der Waals surface area (Å²) in [5, 5.41) is 3.68. The molecule has 3 nitrogen and oxygen atoms in total. The van der Waals surface area contributed by atoms with E-state index in [1.165, 1.54) is 25.7 Å². The third kappa shape index (κ3) is 3.19. The SMILES string of the molecule is CC1(C)COCCN1CCNC1CCCC1. The van der Waals surface area contributed by atoms with Crippen molar-refractivity contribution >= 4 is 0 Å². The van der Waals surface area contributed by atoms with Gasteiger partial charge in [0.25, 0.3) is 0 Å². The highest BCUT2D eigenvalue weighted by Crippen LogP contribution is 2.19. The van der Waals surface area contributed by atoms with Crippen molar-refractivity contribution in [3.8, 4) is 0 Å². The molecule has 2 aliphatic rings. The molecule has 0 radical (unpaired) electrons. The van der Waals surface area contributed by atoms with Gasteiger partial charge in [0, 0.05) is 31.2 Å². The number of hydrogen-bond acceptors (Lipinski definition) is 3. The fraction of sp³-hybridized carbons (Fsp3) is 1.00. The smallest absolute Gasteiger partial charge is 0.0645 e. The van der Waals surface area contributed by atoms with Crippen LogP contribution in [0.25, 0.3) is 0 Å². The molecule has 2 rings (SSSR count). The molecule has 94 valence electrons. The monoisotopic (exact) mass is 226 g/mol. The van der Waals surface area contributed by atoms with Gasteiger partial charge in [-0.2, -0.15) is 0 Å². The summed E-state index contributed by atoms with van der Waals surface area (Å²) in [5.74, 6) is 0. The molecule has 1 N–H and O–H groups in total. The number of morpholine rings is 1. The lowest BCUT2D eigenvalue weighted by atomic mass is 10.0. The first-order valence-corrected chi connectivity index (χ1v) is 6.75. The number of nitrogens with zero attached hydrogens (tertiary/aromatic N) is 1. The molecule has 0 amide bonds. The highest BCUT2D eigenvalue weighted by atomic mass is 16.5. The molecule has 1 saturated heterocycles. The van der Waals surface area contributed by atoms with E-state index < -0.39 is 0 Å². The second kappa shape index (κ2) is 5.48. The van der Waals surface area contributed by atoms with Gasteiger partial charge in [-0.1, -0.05) is 12.8 Å². The Morgan fingerprint density at radius 2 is 2.06 bits per heavy atom. The fourth-order valence-electron chi connectivity index (χ4n) is 2.84. The van der Waals surface area contributed by atoms with Gasteiger partial charge < -0.3 is 10.1 Å². The Kier molecular flexibility index (Phi) is 4.22. The van der Waals surface area contributed by atoms with Gasteiger partial charge in [0.2, 0.25) is 0 Å². The van der Waals surface area contributed by atoms with Gasteiger partial charge in [-0.25, -0.2) is 0 Å². The maximum atomic E-state index is 5.53. The van der Waals surface area contributed by atoms with Crippen molar-refractivity contribution < 1.29 is 4.74 Å². The summed E-state index contributed by atoms with van der Waals surface area (Å²) >= 11 is 0. The Morgan fingerprint density at radius 1 is 1.31 bits per heavy atom. The summed E-state index contributed by atoms with van der Waals surface area (Å²) in [5.41, 5.74) is 0.218.